The molecule has 2 bridgehead atoms. The number of hydrogen-bond donors (Lipinski definition) is 1. The van der Waals surface area contributed by atoms with Gasteiger partial charge in [0, 0.05) is 43.4 Å². The summed E-state index contributed by atoms with van der Waals surface area (Å²) < 4.78 is 11.4. The Bertz CT molecular complexity index is 861. The average molecular weight is 401 g/mol. The van der Waals surface area contributed by atoms with E-state index < -0.39 is 0 Å². The molecule has 6 nitrogen and oxygen atoms in total. The van der Waals surface area contributed by atoms with Crippen LogP contribution in [-0.2, 0) is 4.74 Å². The molecule has 4 aliphatic rings. The quantitative estimate of drug-likeness (QED) is 0.836. The highest BCUT2D eigenvalue weighted by Crippen LogP contribution is 2.31. The summed E-state index contributed by atoms with van der Waals surface area (Å²) in [5.41, 5.74) is 1.74. The van der Waals surface area contributed by atoms with Crippen LogP contribution in [0.25, 0.3) is 10.1 Å². The van der Waals surface area contributed by atoms with Gasteiger partial charge in [-0.3, -0.25) is 4.79 Å². The lowest BCUT2D eigenvalue weighted by atomic mass is 9.84. The van der Waals surface area contributed by atoms with Gasteiger partial charge in [-0.05, 0) is 74.9 Å². The zero-order chi connectivity index (χ0) is 19.1. The molecule has 0 spiro atoms. The molecule has 0 saturated carbocycles. The monoisotopic (exact) mass is 400 g/mol. The third-order valence-electron chi connectivity index (χ3n) is 6.55. The van der Waals surface area contributed by atoms with Crippen LogP contribution in [0.5, 0.6) is 0 Å². The van der Waals surface area contributed by atoms with E-state index in [0.29, 0.717) is 17.7 Å². The maximum atomic E-state index is 13.0. The Hall–Kier alpha value is -1.70. The second-order valence-electron chi connectivity index (χ2n) is 8.24. The highest BCUT2D eigenvalue weighted by Gasteiger charge is 2.35. The number of aromatic nitrogens is 1. The molecule has 1 aromatic heterocycles. The molecule has 2 aromatic rings. The first kappa shape index (κ1) is 18.3. The fourth-order valence-electron chi connectivity index (χ4n) is 4.99. The van der Waals surface area contributed by atoms with Gasteiger partial charge in [0.25, 0.3) is 5.91 Å². The van der Waals surface area contributed by atoms with E-state index in [9.17, 15) is 4.79 Å². The van der Waals surface area contributed by atoms with Gasteiger partial charge < -0.3 is 19.9 Å². The van der Waals surface area contributed by atoms with Crippen molar-refractivity contribution in [3.8, 4) is 0 Å². The second-order valence-corrected chi connectivity index (χ2v) is 9.05. The molecule has 28 heavy (non-hydrogen) atoms. The number of carbonyl (C=O) groups is 1. The van der Waals surface area contributed by atoms with Gasteiger partial charge in [0.15, 0.2) is 0 Å². The molecule has 4 aliphatic heterocycles. The predicted octanol–water partition coefficient (Wildman–Crippen LogP) is 2.74. The van der Waals surface area contributed by atoms with Crippen LogP contribution in [0.15, 0.2) is 18.2 Å². The van der Waals surface area contributed by atoms with Crippen molar-refractivity contribution < 1.29 is 9.53 Å². The Kier molecular flexibility index (Phi) is 4.99. The van der Waals surface area contributed by atoms with Gasteiger partial charge >= 0.3 is 0 Å². The molecule has 1 N–H and O–H groups in total. The molecule has 1 aromatic carbocycles. The lowest BCUT2D eigenvalue weighted by molar-refractivity contribution is 0.0619. The number of anilines is 1. The summed E-state index contributed by atoms with van der Waals surface area (Å²) in [6, 6.07) is 6.64. The van der Waals surface area contributed by atoms with E-state index in [4.69, 9.17) is 4.74 Å². The minimum Gasteiger partial charge on any atom is -0.377 e. The van der Waals surface area contributed by atoms with Crippen LogP contribution in [0.2, 0.25) is 0 Å². The van der Waals surface area contributed by atoms with Crippen molar-refractivity contribution in [3.63, 3.8) is 0 Å². The largest absolute Gasteiger partial charge is 0.377 e. The number of piperidine rings is 3. The van der Waals surface area contributed by atoms with E-state index in [-0.39, 0.29) is 11.9 Å². The third kappa shape index (κ3) is 3.40. The number of fused-ring (bicyclic) bond motifs is 4. The molecular weight excluding hydrogens is 372 g/mol. The van der Waals surface area contributed by atoms with Crippen LogP contribution in [-0.4, -0.2) is 66.7 Å². The fourth-order valence-corrected chi connectivity index (χ4v) is 5.74. The van der Waals surface area contributed by atoms with Crippen molar-refractivity contribution in [1.29, 1.82) is 0 Å². The fraction of sp³-hybridized carbons (Fsp3) is 0.619. The van der Waals surface area contributed by atoms with Crippen LogP contribution < -0.4 is 10.2 Å². The predicted molar refractivity (Wildman–Crippen MR) is 112 cm³/mol. The number of nitrogens with one attached hydrogen (secondary N) is 1. The molecule has 7 heteroatoms. The molecular formula is C21H28N4O2S. The summed E-state index contributed by atoms with van der Waals surface area (Å²) in [7, 11) is 0. The summed E-state index contributed by atoms with van der Waals surface area (Å²) in [4.78, 5) is 17.8. The first-order valence-corrected chi connectivity index (χ1v) is 11.3. The van der Waals surface area contributed by atoms with Crippen LogP contribution in [0.3, 0.4) is 0 Å². The van der Waals surface area contributed by atoms with Crippen molar-refractivity contribution in [3.05, 3.63) is 23.9 Å². The Balaban J connectivity index is 1.34. The number of benzene rings is 1. The standard InChI is InChI=1S/C21H28N4O2S/c1-2-27-16-7-10-25(12-16)15-3-4-19-17(11-15)20(23-28-19)21(26)22-18-13-24-8-5-14(18)6-9-24/h3-4,11,14,16,18H,2,5-10,12-13H2,1H3,(H,22,26)/t16?,18-/m1/s1. The summed E-state index contributed by atoms with van der Waals surface area (Å²) in [5.74, 6) is 0.602. The van der Waals surface area contributed by atoms with Gasteiger partial charge in [0.2, 0.25) is 0 Å². The topological polar surface area (TPSA) is 57.7 Å². The van der Waals surface area contributed by atoms with Gasteiger partial charge in [0.1, 0.15) is 5.69 Å². The van der Waals surface area contributed by atoms with Crippen molar-refractivity contribution in [2.24, 2.45) is 5.92 Å². The maximum absolute atomic E-state index is 13.0. The van der Waals surface area contributed by atoms with Crippen molar-refractivity contribution in [2.45, 2.75) is 38.3 Å². The number of ether oxygens (including phenoxy) is 1. The van der Waals surface area contributed by atoms with Gasteiger partial charge in [-0.15, -0.1) is 0 Å². The van der Waals surface area contributed by atoms with Gasteiger partial charge in [-0.25, -0.2) is 0 Å². The van der Waals surface area contributed by atoms with E-state index in [1.165, 1.54) is 37.5 Å². The molecule has 2 atom stereocenters. The number of carbonyl (C=O) groups excluding carboxylic acids is 1. The molecule has 1 unspecified atom stereocenters. The molecule has 0 radical (unpaired) electrons. The smallest absolute Gasteiger partial charge is 0.271 e. The Morgan fingerprint density at radius 3 is 2.86 bits per heavy atom. The summed E-state index contributed by atoms with van der Waals surface area (Å²) >= 11 is 1.42. The molecule has 0 aliphatic carbocycles. The SMILES string of the molecule is CCOC1CCN(c2ccc3snc(C(=O)N[C@@H]4CN5CCC4CC5)c3c2)C1. The van der Waals surface area contributed by atoms with Gasteiger partial charge in [0.05, 0.1) is 10.8 Å². The number of hydrogen-bond acceptors (Lipinski definition) is 6. The maximum Gasteiger partial charge on any atom is 0.271 e. The number of nitrogens with zero attached hydrogens (tertiary/aromatic N) is 3. The first-order valence-electron chi connectivity index (χ1n) is 10.5. The van der Waals surface area contributed by atoms with E-state index in [0.717, 1.165) is 48.4 Å². The normalized spacial score (nSPS) is 29.5. The summed E-state index contributed by atoms with van der Waals surface area (Å²) in [6.07, 6.45) is 3.76. The highest BCUT2D eigenvalue weighted by atomic mass is 32.1. The van der Waals surface area contributed by atoms with Gasteiger partial charge in [-0.1, -0.05) is 0 Å². The van der Waals surface area contributed by atoms with Crippen molar-refractivity contribution >= 4 is 33.2 Å². The van der Waals surface area contributed by atoms with Crippen LogP contribution >= 0.6 is 11.5 Å². The zero-order valence-corrected chi connectivity index (χ0v) is 17.2. The molecule has 4 saturated heterocycles. The Labute approximate surface area is 170 Å². The van der Waals surface area contributed by atoms with Gasteiger partial charge in [-0.2, -0.15) is 4.37 Å². The number of amides is 1. The van der Waals surface area contributed by atoms with Crippen molar-refractivity contribution in [2.75, 3.05) is 44.2 Å². The van der Waals surface area contributed by atoms with Crippen molar-refractivity contribution in [1.82, 2.24) is 14.6 Å². The minimum absolute atomic E-state index is 0.0178. The van der Waals surface area contributed by atoms with Crippen LogP contribution in [0.4, 0.5) is 5.69 Å². The summed E-state index contributed by atoms with van der Waals surface area (Å²) in [5, 5.41) is 4.26. The minimum atomic E-state index is -0.0178. The van der Waals surface area contributed by atoms with Crippen LogP contribution in [0.1, 0.15) is 36.7 Å². The Morgan fingerprint density at radius 2 is 2.11 bits per heavy atom. The zero-order valence-electron chi connectivity index (χ0n) is 16.4. The lowest BCUT2D eigenvalue weighted by Gasteiger charge is -2.44. The second kappa shape index (κ2) is 7.61. The van der Waals surface area contributed by atoms with Crippen LogP contribution in [0, 0.1) is 5.92 Å². The average Bonchev–Trinajstić information content (AvgIpc) is 3.35. The molecule has 4 fully saturated rings. The first-order chi connectivity index (χ1) is 13.7. The molecule has 6 rings (SSSR count). The van der Waals surface area contributed by atoms with E-state index in [1.54, 1.807) is 0 Å². The van der Waals surface area contributed by atoms with E-state index in [2.05, 4.69) is 37.7 Å². The Morgan fingerprint density at radius 1 is 1.25 bits per heavy atom. The van der Waals surface area contributed by atoms with E-state index >= 15 is 0 Å². The third-order valence-corrected chi connectivity index (χ3v) is 7.38. The summed E-state index contributed by atoms with van der Waals surface area (Å²) in [6.45, 7) is 8.06. The number of rotatable bonds is 5. The highest BCUT2D eigenvalue weighted by molar-refractivity contribution is 7.13. The molecule has 1 amide bonds. The molecule has 5 heterocycles. The lowest BCUT2D eigenvalue weighted by Crippen LogP contribution is -2.57. The van der Waals surface area contributed by atoms with E-state index in [1.807, 2.05) is 6.92 Å². The molecule has 150 valence electrons.